The normalized spacial score (nSPS) is 15.2. The summed E-state index contributed by atoms with van der Waals surface area (Å²) in [4.78, 5) is 10.6. The van der Waals surface area contributed by atoms with Crippen LogP contribution in [-0.4, -0.2) is 77.8 Å². The Labute approximate surface area is 315 Å². The summed E-state index contributed by atoms with van der Waals surface area (Å²) in [6, 6.07) is 19.8. The first-order valence-electron chi connectivity index (χ1n) is 17.7. The fourth-order valence-electron chi connectivity index (χ4n) is 6.03. The van der Waals surface area contributed by atoms with Gasteiger partial charge in [0.25, 0.3) is 0 Å². The van der Waals surface area contributed by atoms with Gasteiger partial charge in [-0.3, -0.25) is 0 Å². The van der Waals surface area contributed by atoms with Crippen LogP contribution >= 0.6 is 0 Å². The van der Waals surface area contributed by atoms with E-state index in [1.54, 1.807) is 26.2 Å². The van der Waals surface area contributed by atoms with E-state index in [0.717, 1.165) is 59.8 Å². The van der Waals surface area contributed by atoms with E-state index >= 15 is 0 Å². The van der Waals surface area contributed by atoms with Gasteiger partial charge in [-0.2, -0.15) is 0 Å². The van der Waals surface area contributed by atoms with Crippen LogP contribution in [0.2, 0.25) is 0 Å². The van der Waals surface area contributed by atoms with Crippen molar-refractivity contribution in [2.24, 2.45) is 11.8 Å². The molecule has 6 heterocycles. The second-order valence-electron chi connectivity index (χ2n) is 13.5. The maximum atomic E-state index is 9.75. The van der Waals surface area contributed by atoms with E-state index in [2.05, 4.69) is 61.2 Å². The molecule has 2 atom stereocenters. The number of benzene rings is 2. The number of hydrogen-bond acceptors (Lipinski definition) is 10. The number of rotatable bonds is 8. The standard InChI is InChI=1S/C21H22N4O2.C20H20N4O2.CH4/c1-15(26)21-22-9-10-25(21)14-19-11-20(27-23-19)18-7-5-16(6-8-18)3-4-17-12-24(2)13-17;1-14(25)20-22-8-9-24(20)13-18-10-19(26-23-18)17-6-4-15(5-7-17)2-3-16-11-21-12-16;/h5-11,15,17,26H,12-14H2,1-2H3;4-10,14,16,21,25H,11-13H2,1H3;1H4/t15-;14-;/m00./s1. The number of aliphatic hydroxyl groups excluding tert-OH is 2. The molecule has 3 N–H and O–H groups in total. The smallest absolute Gasteiger partial charge is 0.167 e. The molecule has 2 aliphatic heterocycles. The first-order valence-corrected chi connectivity index (χ1v) is 17.7. The van der Waals surface area contributed by atoms with Gasteiger partial charge in [-0.15, -0.1) is 0 Å². The van der Waals surface area contributed by atoms with Gasteiger partial charge in [-0.05, 0) is 69.4 Å². The predicted octanol–water partition coefficient (Wildman–Crippen LogP) is 5.40. The fourth-order valence-corrected chi connectivity index (χ4v) is 6.03. The first kappa shape index (κ1) is 38.0. The van der Waals surface area contributed by atoms with Crippen LogP contribution in [0.15, 0.2) is 94.5 Å². The number of nitrogens with one attached hydrogen (secondary N) is 1. The highest BCUT2D eigenvalue weighted by Crippen LogP contribution is 2.24. The van der Waals surface area contributed by atoms with Gasteiger partial charge >= 0.3 is 0 Å². The summed E-state index contributed by atoms with van der Waals surface area (Å²) in [6.45, 7) is 8.48. The molecule has 0 amide bonds. The van der Waals surface area contributed by atoms with Crippen molar-refractivity contribution in [2.45, 2.75) is 46.6 Å². The molecular formula is C42H46N8O4. The Kier molecular flexibility index (Phi) is 12.2. The molecule has 4 aromatic heterocycles. The molecule has 0 bridgehead atoms. The maximum Gasteiger partial charge on any atom is 0.167 e. The van der Waals surface area contributed by atoms with Crippen LogP contribution in [0.5, 0.6) is 0 Å². The number of imidazole rings is 2. The minimum Gasteiger partial charge on any atom is -0.385 e. The van der Waals surface area contributed by atoms with Gasteiger partial charge in [0.1, 0.15) is 35.2 Å². The highest BCUT2D eigenvalue weighted by atomic mass is 16.5. The SMILES string of the molecule is C.C[C@H](O)c1nccn1Cc1cc(-c2ccc(C#CC3CN(C)C3)cc2)on1.C[C@H](O)c1nccn1Cc1cc(-c2ccc(C#CC3CNC3)cc2)on1. The minimum atomic E-state index is -0.625. The van der Waals surface area contributed by atoms with E-state index in [1.165, 1.54) is 0 Å². The average molecular weight is 727 g/mol. The molecule has 0 saturated carbocycles. The Bertz CT molecular complexity index is 2230. The number of aromatic nitrogens is 6. The summed E-state index contributed by atoms with van der Waals surface area (Å²) in [5.41, 5.74) is 5.49. The Hall–Kier alpha value is -5.76. The maximum absolute atomic E-state index is 9.75. The van der Waals surface area contributed by atoms with Gasteiger partial charge in [-0.25, -0.2) is 9.97 Å². The van der Waals surface area contributed by atoms with Gasteiger partial charge in [-0.1, -0.05) is 41.4 Å². The second kappa shape index (κ2) is 17.4. The van der Waals surface area contributed by atoms with Crippen LogP contribution in [0, 0.1) is 35.5 Å². The van der Waals surface area contributed by atoms with Crippen LogP contribution < -0.4 is 5.32 Å². The molecule has 2 saturated heterocycles. The highest BCUT2D eigenvalue weighted by molar-refractivity contribution is 5.60. The van der Waals surface area contributed by atoms with Crippen molar-refractivity contribution in [3.63, 3.8) is 0 Å². The molecule has 54 heavy (non-hydrogen) atoms. The molecular weight excluding hydrogens is 681 g/mol. The van der Waals surface area contributed by atoms with E-state index in [9.17, 15) is 10.2 Å². The fraction of sp³-hybridized carbons (Fsp3) is 0.333. The van der Waals surface area contributed by atoms with Crippen LogP contribution in [0.1, 0.15) is 67.6 Å². The van der Waals surface area contributed by atoms with E-state index in [-0.39, 0.29) is 7.43 Å². The first-order chi connectivity index (χ1) is 25.8. The molecule has 0 spiro atoms. The summed E-state index contributed by atoms with van der Waals surface area (Å²) in [7, 11) is 2.11. The number of aliphatic hydroxyl groups is 2. The van der Waals surface area contributed by atoms with Gasteiger partial charge in [0.2, 0.25) is 0 Å². The summed E-state index contributed by atoms with van der Waals surface area (Å²) in [5, 5.41) is 31.0. The van der Waals surface area contributed by atoms with Crippen LogP contribution in [-0.2, 0) is 13.1 Å². The lowest BCUT2D eigenvalue weighted by atomic mass is 10.0. The second-order valence-corrected chi connectivity index (χ2v) is 13.5. The quantitative estimate of drug-likeness (QED) is 0.175. The van der Waals surface area contributed by atoms with E-state index in [1.807, 2.05) is 82.2 Å². The lowest BCUT2D eigenvalue weighted by Crippen LogP contribution is -2.42. The highest BCUT2D eigenvalue weighted by Gasteiger charge is 2.20. The zero-order valence-electron chi connectivity index (χ0n) is 30.0. The van der Waals surface area contributed by atoms with Crippen LogP contribution in [0.3, 0.4) is 0 Å². The zero-order chi connectivity index (χ0) is 36.7. The largest absolute Gasteiger partial charge is 0.385 e. The Morgan fingerprint density at radius 1 is 0.722 bits per heavy atom. The topological polar surface area (TPSA) is 143 Å². The van der Waals surface area contributed by atoms with Crippen LogP contribution in [0.4, 0.5) is 0 Å². The third-order valence-electron chi connectivity index (χ3n) is 9.05. The number of likely N-dealkylation sites (tertiary alicyclic amines) is 1. The molecule has 0 unspecified atom stereocenters. The molecule has 2 aromatic carbocycles. The van der Waals surface area contributed by atoms with Crippen molar-refractivity contribution in [2.75, 3.05) is 33.2 Å². The zero-order valence-corrected chi connectivity index (χ0v) is 30.0. The summed E-state index contributed by atoms with van der Waals surface area (Å²) < 4.78 is 14.7. The summed E-state index contributed by atoms with van der Waals surface area (Å²) in [5.74, 6) is 16.6. The molecule has 8 rings (SSSR count). The molecule has 2 fully saturated rings. The molecule has 12 heteroatoms. The minimum absolute atomic E-state index is 0. The molecule has 278 valence electrons. The molecule has 0 radical (unpaired) electrons. The van der Waals surface area contributed by atoms with Gasteiger partial charge in [0.15, 0.2) is 11.5 Å². The number of hydrogen-bond donors (Lipinski definition) is 3. The molecule has 0 aliphatic carbocycles. The van der Waals surface area contributed by atoms with Crippen LogP contribution in [0.25, 0.3) is 22.6 Å². The van der Waals surface area contributed by atoms with Gasteiger partial charge in [0, 0.05) is 97.2 Å². The van der Waals surface area contributed by atoms with Gasteiger partial charge < -0.3 is 38.6 Å². The van der Waals surface area contributed by atoms with Crippen molar-refractivity contribution in [1.29, 1.82) is 0 Å². The predicted molar refractivity (Wildman–Crippen MR) is 206 cm³/mol. The van der Waals surface area contributed by atoms with Crippen molar-refractivity contribution in [1.82, 2.24) is 39.6 Å². The molecule has 2 aliphatic rings. The van der Waals surface area contributed by atoms with E-state index in [4.69, 9.17) is 9.05 Å². The number of nitrogens with zero attached hydrogens (tertiary/aromatic N) is 7. The molecule has 12 nitrogen and oxygen atoms in total. The third kappa shape index (κ3) is 9.42. The summed E-state index contributed by atoms with van der Waals surface area (Å²) >= 11 is 0. The average Bonchev–Trinajstić information content (AvgIpc) is 3.95. The lowest BCUT2D eigenvalue weighted by Gasteiger charge is -2.32. The molecule has 6 aromatic rings. The van der Waals surface area contributed by atoms with Crippen molar-refractivity contribution < 1.29 is 19.3 Å². The Morgan fingerprint density at radius 2 is 1.17 bits per heavy atom. The van der Waals surface area contributed by atoms with Crippen molar-refractivity contribution in [3.8, 4) is 46.3 Å². The third-order valence-corrected chi connectivity index (χ3v) is 9.05. The lowest BCUT2D eigenvalue weighted by molar-refractivity contribution is 0.177. The van der Waals surface area contributed by atoms with Gasteiger partial charge in [0.05, 0.1) is 13.1 Å². The van der Waals surface area contributed by atoms with Crippen molar-refractivity contribution >= 4 is 0 Å². The monoisotopic (exact) mass is 726 g/mol. The van der Waals surface area contributed by atoms with E-state index < -0.39 is 12.2 Å². The Balaban J connectivity index is 0.000000181. The van der Waals surface area contributed by atoms with E-state index in [0.29, 0.717) is 48.1 Å². The van der Waals surface area contributed by atoms with Crippen molar-refractivity contribution in [3.05, 3.63) is 120 Å². The Morgan fingerprint density at radius 3 is 1.56 bits per heavy atom. The summed E-state index contributed by atoms with van der Waals surface area (Å²) in [6.07, 6.45) is 5.74.